The summed E-state index contributed by atoms with van der Waals surface area (Å²) in [4.78, 5) is 14.0. The molecule has 2 unspecified atom stereocenters. The number of carbonyl (C=O) groups is 1. The lowest BCUT2D eigenvalue weighted by Gasteiger charge is -2.28. The number of nitrogens with one attached hydrogen (secondary N) is 1. The first-order chi connectivity index (χ1) is 8.72. The first kappa shape index (κ1) is 15.4. The minimum absolute atomic E-state index is 0.147. The monoisotopic (exact) mass is 257 g/mol. The van der Waals surface area contributed by atoms with Crippen LogP contribution in [0.1, 0.15) is 39.0 Å². The standard InChI is InChI=1S/C13H27N3O2/c1-3-5-11-6-4-8-16(9-7-11)12(10-18-2)13(17)15-14/h11-12H,3-10,14H2,1-2H3,(H,15,17). The highest BCUT2D eigenvalue weighted by Gasteiger charge is 2.27. The maximum Gasteiger partial charge on any atom is 0.253 e. The summed E-state index contributed by atoms with van der Waals surface area (Å²) >= 11 is 0. The zero-order valence-electron chi connectivity index (χ0n) is 11.7. The lowest BCUT2D eigenvalue weighted by Crippen LogP contribution is -2.51. The average molecular weight is 257 g/mol. The van der Waals surface area contributed by atoms with Crippen molar-refractivity contribution in [2.45, 2.75) is 45.1 Å². The van der Waals surface area contributed by atoms with E-state index in [1.165, 1.54) is 25.7 Å². The average Bonchev–Trinajstić information content (AvgIpc) is 2.61. The molecule has 0 aliphatic carbocycles. The molecule has 1 rings (SSSR count). The number of hydrogen-bond donors (Lipinski definition) is 2. The molecule has 0 bridgehead atoms. The van der Waals surface area contributed by atoms with Crippen LogP contribution in [0.15, 0.2) is 0 Å². The van der Waals surface area contributed by atoms with Gasteiger partial charge in [-0.05, 0) is 38.3 Å². The van der Waals surface area contributed by atoms with Gasteiger partial charge < -0.3 is 4.74 Å². The zero-order valence-corrected chi connectivity index (χ0v) is 11.7. The van der Waals surface area contributed by atoms with Crippen molar-refractivity contribution < 1.29 is 9.53 Å². The molecule has 1 heterocycles. The number of methoxy groups -OCH3 is 1. The van der Waals surface area contributed by atoms with Crippen LogP contribution >= 0.6 is 0 Å². The molecule has 1 amide bonds. The molecule has 0 radical (unpaired) electrons. The van der Waals surface area contributed by atoms with Crippen molar-refractivity contribution in [3.63, 3.8) is 0 Å². The van der Waals surface area contributed by atoms with Crippen LogP contribution in [0.4, 0.5) is 0 Å². The van der Waals surface area contributed by atoms with Crippen LogP contribution < -0.4 is 11.3 Å². The third kappa shape index (κ3) is 4.55. The van der Waals surface area contributed by atoms with Crippen LogP contribution in [0.25, 0.3) is 0 Å². The van der Waals surface area contributed by atoms with Gasteiger partial charge in [0, 0.05) is 7.11 Å². The van der Waals surface area contributed by atoms with Gasteiger partial charge in [0.15, 0.2) is 0 Å². The van der Waals surface area contributed by atoms with Crippen molar-refractivity contribution in [2.24, 2.45) is 11.8 Å². The molecule has 0 spiro atoms. The third-order valence-electron chi connectivity index (χ3n) is 3.79. The second-order valence-corrected chi connectivity index (χ2v) is 5.10. The molecule has 0 saturated carbocycles. The maximum atomic E-state index is 11.8. The Kier molecular flexibility index (Phi) is 7.23. The first-order valence-corrected chi connectivity index (χ1v) is 6.96. The lowest BCUT2D eigenvalue weighted by molar-refractivity contribution is -0.128. The summed E-state index contributed by atoms with van der Waals surface area (Å²) in [5.41, 5.74) is 2.24. The van der Waals surface area contributed by atoms with E-state index in [1.54, 1.807) is 7.11 Å². The molecular formula is C13H27N3O2. The summed E-state index contributed by atoms with van der Waals surface area (Å²) in [5.74, 6) is 5.90. The van der Waals surface area contributed by atoms with Gasteiger partial charge in [-0.25, -0.2) is 5.84 Å². The van der Waals surface area contributed by atoms with E-state index in [0.717, 1.165) is 25.4 Å². The van der Waals surface area contributed by atoms with Crippen molar-refractivity contribution in [1.29, 1.82) is 0 Å². The van der Waals surface area contributed by atoms with Gasteiger partial charge in [-0.3, -0.25) is 15.1 Å². The molecule has 18 heavy (non-hydrogen) atoms. The summed E-state index contributed by atoms with van der Waals surface area (Å²) in [6.45, 7) is 4.56. The van der Waals surface area contributed by atoms with E-state index in [-0.39, 0.29) is 11.9 Å². The minimum atomic E-state index is -0.250. The van der Waals surface area contributed by atoms with Crippen LogP contribution in [0.5, 0.6) is 0 Å². The minimum Gasteiger partial charge on any atom is -0.383 e. The number of likely N-dealkylation sites (tertiary alicyclic amines) is 1. The van der Waals surface area contributed by atoms with Crippen molar-refractivity contribution in [3.8, 4) is 0 Å². The summed E-state index contributed by atoms with van der Waals surface area (Å²) in [6, 6.07) is -0.250. The van der Waals surface area contributed by atoms with E-state index in [9.17, 15) is 4.79 Å². The van der Waals surface area contributed by atoms with Crippen LogP contribution in [0.3, 0.4) is 0 Å². The summed E-state index contributed by atoms with van der Waals surface area (Å²) < 4.78 is 5.14. The summed E-state index contributed by atoms with van der Waals surface area (Å²) in [5, 5.41) is 0. The molecule has 1 aliphatic heterocycles. The molecule has 5 heteroatoms. The Morgan fingerprint density at radius 2 is 2.28 bits per heavy atom. The predicted molar refractivity (Wildman–Crippen MR) is 71.8 cm³/mol. The molecule has 2 atom stereocenters. The molecule has 5 nitrogen and oxygen atoms in total. The van der Waals surface area contributed by atoms with E-state index >= 15 is 0 Å². The quantitative estimate of drug-likeness (QED) is 0.421. The Morgan fingerprint density at radius 1 is 1.50 bits per heavy atom. The largest absolute Gasteiger partial charge is 0.383 e. The maximum absolute atomic E-state index is 11.8. The van der Waals surface area contributed by atoms with E-state index in [1.807, 2.05) is 0 Å². The number of hydrazine groups is 1. The number of hydrogen-bond acceptors (Lipinski definition) is 4. The highest BCUT2D eigenvalue weighted by Crippen LogP contribution is 2.23. The fourth-order valence-electron chi connectivity index (χ4n) is 2.80. The Bertz CT molecular complexity index is 248. The highest BCUT2D eigenvalue weighted by molar-refractivity contribution is 5.81. The Balaban J connectivity index is 2.55. The van der Waals surface area contributed by atoms with Gasteiger partial charge in [0.1, 0.15) is 6.04 Å². The molecule has 0 aromatic rings. The van der Waals surface area contributed by atoms with Crippen molar-refractivity contribution in [3.05, 3.63) is 0 Å². The highest BCUT2D eigenvalue weighted by atomic mass is 16.5. The second-order valence-electron chi connectivity index (χ2n) is 5.10. The molecule has 106 valence electrons. The molecule has 1 aliphatic rings. The number of carbonyl (C=O) groups excluding carboxylic acids is 1. The number of amides is 1. The molecule has 3 N–H and O–H groups in total. The third-order valence-corrected chi connectivity index (χ3v) is 3.79. The summed E-state index contributed by atoms with van der Waals surface area (Å²) in [6.07, 6.45) is 6.14. The molecule has 0 aromatic heterocycles. The van der Waals surface area contributed by atoms with E-state index in [2.05, 4.69) is 17.2 Å². The fraction of sp³-hybridized carbons (Fsp3) is 0.923. The van der Waals surface area contributed by atoms with Crippen molar-refractivity contribution in [2.75, 3.05) is 26.8 Å². The molecule has 1 saturated heterocycles. The van der Waals surface area contributed by atoms with Gasteiger partial charge >= 0.3 is 0 Å². The second kappa shape index (κ2) is 8.45. The number of rotatable bonds is 6. The van der Waals surface area contributed by atoms with E-state index in [0.29, 0.717) is 6.61 Å². The van der Waals surface area contributed by atoms with Crippen LogP contribution in [-0.4, -0.2) is 43.7 Å². The molecule has 1 fully saturated rings. The summed E-state index contributed by atoms with van der Waals surface area (Å²) in [7, 11) is 1.62. The van der Waals surface area contributed by atoms with Crippen LogP contribution in [0, 0.1) is 5.92 Å². The number of nitrogens with two attached hydrogens (primary N) is 1. The van der Waals surface area contributed by atoms with Crippen LogP contribution in [-0.2, 0) is 9.53 Å². The molecular weight excluding hydrogens is 230 g/mol. The Hall–Kier alpha value is -0.650. The topological polar surface area (TPSA) is 67.6 Å². The van der Waals surface area contributed by atoms with Crippen molar-refractivity contribution in [1.82, 2.24) is 10.3 Å². The van der Waals surface area contributed by atoms with Crippen molar-refractivity contribution >= 4 is 5.91 Å². The van der Waals surface area contributed by atoms with Gasteiger partial charge in [0.25, 0.3) is 5.91 Å². The number of nitrogens with zero attached hydrogens (tertiary/aromatic N) is 1. The number of ether oxygens (including phenoxy) is 1. The van der Waals surface area contributed by atoms with Gasteiger partial charge in [0.2, 0.25) is 0 Å². The smallest absolute Gasteiger partial charge is 0.253 e. The van der Waals surface area contributed by atoms with Gasteiger partial charge in [0.05, 0.1) is 6.61 Å². The SMILES string of the molecule is CCCC1CCCN(C(COC)C(=O)NN)CC1. The normalized spacial score (nSPS) is 23.4. The van der Waals surface area contributed by atoms with Crippen LogP contribution in [0.2, 0.25) is 0 Å². The fourth-order valence-corrected chi connectivity index (χ4v) is 2.80. The molecule has 0 aromatic carbocycles. The van der Waals surface area contributed by atoms with Gasteiger partial charge in [-0.15, -0.1) is 0 Å². The van der Waals surface area contributed by atoms with Gasteiger partial charge in [-0.2, -0.15) is 0 Å². The predicted octanol–water partition coefficient (Wildman–Crippen LogP) is 0.894. The van der Waals surface area contributed by atoms with Gasteiger partial charge in [-0.1, -0.05) is 19.8 Å². The lowest BCUT2D eigenvalue weighted by atomic mass is 9.96. The van der Waals surface area contributed by atoms with E-state index in [4.69, 9.17) is 10.6 Å². The Labute approximate surface area is 110 Å². The first-order valence-electron chi connectivity index (χ1n) is 6.96. The Morgan fingerprint density at radius 3 is 2.89 bits per heavy atom. The zero-order chi connectivity index (χ0) is 13.4. The van der Waals surface area contributed by atoms with E-state index < -0.39 is 0 Å².